The molecule has 0 aliphatic carbocycles. The maximum absolute atomic E-state index is 5.15. The molecule has 0 amide bonds. The Labute approximate surface area is 131 Å². The summed E-state index contributed by atoms with van der Waals surface area (Å²) < 4.78 is 6.12. The van der Waals surface area contributed by atoms with Gasteiger partial charge in [-0.1, -0.05) is 35.2 Å². The Hall–Kier alpha value is -1.92. The van der Waals surface area contributed by atoms with Crippen LogP contribution in [-0.4, -0.2) is 22.3 Å². The van der Waals surface area contributed by atoms with Gasteiger partial charge in [-0.15, -0.1) is 10.2 Å². The van der Waals surface area contributed by atoms with Gasteiger partial charge in [0.2, 0.25) is 0 Å². The summed E-state index contributed by atoms with van der Waals surface area (Å²) in [5, 5.41) is 9.38. The van der Waals surface area contributed by atoms with Crippen LogP contribution in [0.5, 0.6) is 5.75 Å². The molecule has 0 atom stereocenters. The molecule has 2 heterocycles. The van der Waals surface area contributed by atoms with Crippen molar-refractivity contribution in [2.24, 2.45) is 0 Å². The SMILES string of the molecule is COc1ccc(CSc2nnc(-c3ccncc3)s2)cc1. The zero-order valence-corrected chi connectivity index (χ0v) is 13.0. The van der Waals surface area contributed by atoms with E-state index in [2.05, 4.69) is 27.3 Å². The fourth-order valence-corrected chi connectivity index (χ4v) is 3.56. The van der Waals surface area contributed by atoms with Crippen LogP contribution >= 0.6 is 23.1 Å². The van der Waals surface area contributed by atoms with Gasteiger partial charge in [-0.05, 0) is 29.8 Å². The number of methoxy groups -OCH3 is 1. The molecule has 21 heavy (non-hydrogen) atoms. The Morgan fingerprint density at radius 1 is 1.05 bits per heavy atom. The van der Waals surface area contributed by atoms with Crippen LogP contribution in [0, 0.1) is 0 Å². The van der Waals surface area contributed by atoms with Gasteiger partial charge in [-0.3, -0.25) is 4.98 Å². The predicted molar refractivity (Wildman–Crippen MR) is 85.7 cm³/mol. The molecule has 0 aliphatic rings. The molecule has 0 fully saturated rings. The van der Waals surface area contributed by atoms with Gasteiger partial charge in [0.15, 0.2) is 4.34 Å². The first-order valence-corrected chi connectivity index (χ1v) is 8.15. The summed E-state index contributed by atoms with van der Waals surface area (Å²) in [5.41, 5.74) is 2.29. The fourth-order valence-electron chi connectivity index (χ4n) is 1.75. The maximum Gasteiger partial charge on any atom is 0.174 e. The molecule has 0 radical (unpaired) electrons. The lowest BCUT2D eigenvalue weighted by atomic mass is 10.2. The molecular weight excluding hydrogens is 302 g/mol. The molecule has 0 saturated heterocycles. The molecule has 106 valence electrons. The first-order valence-electron chi connectivity index (χ1n) is 6.35. The smallest absolute Gasteiger partial charge is 0.174 e. The number of ether oxygens (including phenoxy) is 1. The highest BCUT2D eigenvalue weighted by atomic mass is 32.2. The van der Waals surface area contributed by atoms with Crippen LogP contribution in [0.3, 0.4) is 0 Å². The summed E-state index contributed by atoms with van der Waals surface area (Å²) in [6, 6.07) is 12.0. The number of hydrogen-bond donors (Lipinski definition) is 0. The molecule has 4 nitrogen and oxygen atoms in total. The normalized spacial score (nSPS) is 10.5. The molecule has 0 saturated carbocycles. The number of hydrogen-bond acceptors (Lipinski definition) is 6. The van der Waals surface area contributed by atoms with E-state index in [1.165, 1.54) is 5.56 Å². The second-order valence-corrected chi connectivity index (χ2v) is 6.45. The van der Waals surface area contributed by atoms with Gasteiger partial charge in [0.1, 0.15) is 10.8 Å². The van der Waals surface area contributed by atoms with Gasteiger partial charge < -0.3 is 4.74 Å². The largest absolute Gasteiger partial charge is 0.497 e. The highest BCUT2D eigenvalue weighted by molar-refractivity contribution is 8.00. The molecule has 1 aromatic carbocycles. The van der Waals surface area contributed by atoms with Gasteiger partial charge in [-0.25, -0.2) is 0 Å². The minimum atomic E-state index is 0.870. The summed E-state index contributed by atoms with van der Waals surface area (Å²) in [4.78, 5) is 4.01. The zero-order valence-electron chi connectivity index (χ0n) is 11.4. The zero-order chi connectivity index (χ0) is 14.5. The van der Waals surface area contributed by atoms with Gasteiger partial charge in [0.05, 0.1) is 7.11 Å². The van der Waals surface area contributed by atoms with E-state index in [0.29, 0.717) is 0 Å². The van der Waals surface area contributed by atoms with Crippen molar-refractivity contribution < 1.29 is 4.74 Å². The average Bonchev–Trinajstić information content (AvgIpc) is 3.03. The van der Waals surface area contributed by atoms with Crippen molar-refractivity contribution in [3.05, 3.63) is 54.4 Å². The number of pyridine rings is 1. The van der Waals surface area contributed by atoms with Gasteiger partial charge >= 0.3 is 0 Å². The van der Waals surface area contributed by atoms with Gasteiger partial charge in [0.25, 0.3) is 0 Å². The van der Waals surface area contributed by atoms with E-state index >= 15 is 0 Å². The molecule has 6 heteroatoms. The topological polar surface area (TPSA) is 47.9 Å². The Balaban J connectivity index is 1.64. The Morgan fingerprint density at radius 2 is 1.81 bits per heavy atom. The van der Waals surface area contributed by atoms with Crippen LogP contribution in [0.1, 0.15) is 5.56 Å². The number of aromatic nitrogens is 3. The number of rotatable bonds is 5. The second kappa shape index (κ2) is 6.69. The van der Waals surface area contributed by atoms with Crippen molar-refractivity contribution in [2.75, 3.05) is 7.11 Å². The Bertz CT molecular complexity index is 698. The van der Waals surface area contributed by atoms with Crippen LogP contribution in [0.15, 0.2) is 53.1 Å². The summed E-state index contributed by atoms with van der Waals surface area (Å²) >= 11 is 3.29. The molecule has 3 rings (SSSR count). The molecule has 2 aromatic heterocycles. The maximum atomic E-state index is 5.15. The third kappa shape index (κ3) is 3.59. The highest BCUT2D eigenvalue weighted by Gasteiger charge is 2.07. The van der Waals surface area contributed by atoms with E-state index in [4.69, 9.17) is 4.74 Å². The van der Waals surface area contributed by atoms with E-state index < -0.39 is 0 Å². The van der Waals surface area contributed by atoms with E-state index in [1.54, 1.807) is 42.6 Å². The molecule has 0 N–H and O–H groups in total. The van der Waals surface area contributed by atoms with E-state index in [1.807, 2.05) is 24.3 Å². The van der Waals surface area contributed by atoms with Gasteiger partial charge in [0, 0.05) is 23.7 Å². The second-order valence-electron chi connectivity index (χ2n) is 4.25. The molecule has 0 bridgehead atoms. The summed E-state index contributed by atoms with van der Waals surface area (Å²) in [5.74, 6) is 1.74. The van der Waals surface area contributed by atoms with E-state index in [-0.39, 0.29) is 0 Å². The Morgan fingerprint density at radius 3 is 2.52 bits per heavy atom. The third-order valence-corrected chi connectivity index (χ3v) is 5.03. The quantitative estimate of drug-likeness (QED) is 0.668. The lowest BCUT2D eigenvalue weighted by Gasteiger charge is -2.01. The minimum Gasteiger partial charge on any atom is -0.497 e. The van der Waals surface area contributed by atoms with Crippen molar-refractivity contribution in [2.45, 2.75) is 10.1 Å². The van der Waals surface area contributed by atoms with Gasteiger partial charge in [-0.2, -0.15) is 0 Å². The molecular formula is C15H13N3OS2. The van der Waals surface area contributed by atoms with Crippen LogP contribution in [0.4, 0.5) is 0 Å². The molecule has 0 unspecified atom stereocenters. The lowest BCUT2D eigenvalue weighted by molar-refractivity contribution is 0.414. The Kier molecular flexibility index (Phi) is 4.47. The monoisotopic (exact) mass is 315 g/mol. The molecule has 0 spiro atoms. The standard InChI is InChI=1S/C15H13N3OS2/c1-19-13-4-2-11(3-5-13)10-20-15-18-17-14(21-15)12-6-8-16-9-7-12/h2-9H,10H2,1H3. The van der Waals surface area contributed by atoms with Crippen LogP contribution < -0.4 is 4.74 Å². The van der Waals surface area contributed by atoms with Crippen molar-refractivity contribution in [1.82, 2.24) is 15.2 Å². The van der Waals surface area contributed by atoms with Crippen molar-refractivity contribution in [3.8, 4) is 16.3 Å². The summed E-state index contributed by atoms with van der Waals surface area (Å²) in [7, 11) is 1.67. The lowest BCUT2D eigenvalue weighted by Crippen LogP contribution is -1.84. The first-order chi connectivity index (χ1) is 10.3. The number of benzene rings is 1. The van der Waals surface area contributed by atoms with Crippen molar-refractivity contribution >= 4 is 23.1 Å². The van der Waals surface area contributed by atoms with Crippen molar-refractivity contribution in [3.63, 3.8) is 0 Å². The van der Waals surface area contributed by atoms with Crippen LogP contribution in [-0.2, 0) is 5.75 Å². The number of nitrogens with zero attached hydrogens (tertiary/aromatic N) is 3. The van der Waals surface area contributed by atoms with Crippen molar-refractivity contribution in [1.29, 1.82) is 0 Å². The predicted octanol–water partition coefficient (Wildman–Crippen LogP) is 3.90. The highest BCUT2D eigenvalue weighted by Crippen LogP contribution is 2.31. The van der Waals surface area contributed by atoms with E-state index in [0.717, 1.165) is 26.4 Å². The third-order valence-electron chi connectivity index (χ3n) is 2.86. The fraction of sp³-hybridized carbons (Fsp3) is 0.133. The minimum absolute atomic E-state index is 0.870. The first kappa shape index (κ1) is 14.0. The van der Waals surface area contributed by atoms with Crippen LogP contribution in [0.2, 0.25) is 0 Å². The van der Waals surface area contributed by atoms with Crippen LogP contribution in [0.25, 0.3) is 10.6 Å². The molecule has 0 aliphatic heterocycles. The molecule has 3 aromatic rings. The summed E-state index contributed by atoms with van der Waals surface area (Å²) in [6.07, 6.45) is 3.53. The summed E-state index contributed by atoms with van der Waals surface area (Å²) in [6.45, 7) is 0. The average molecular weight is 315 g/mol. The van der Waals surface area contributed by atoms with E-state index in [9.17, 15) is 0 Å². The number of thioether (sulfide) groups is 1.